The van der Waals surface area contributed by atoms with Crippen molar-refractivity contribution >= 4 is 23.2 Å². The van der Waals surface area contributed by atoms with Gasteiger partial charge in [0, 0.05) is 19.4 Å². The van der Waals surface area contributed by atoms with E-state index < -0.39 is 5.60 Å². The Morgan fingerprint density at radius 1 is 1.31 bits per heavy atom. The van der Waals surface area contributed by atoms with Crippen molar-refractivity contribution in [3.05, 3.63) is 23.2 Å². The third kappa shape index (κ3) is 7.14. The number of unbranched alkanes of at least 4 members (excludes halogenated alkanes) is 2. The van der Waals surface area contributed by atoms with E-state index in [9.17, 15) is 4.79 Å². The van der Waals surface area contributed by atoms with Crippen LogP contribution in [0.3, 0.4) is 0 Å². The van der Waals surface area contributed by atoms with E-state index in [0.717, 1.165) is 19.3 Å². The predicted molar refractivity (Wildman–Crippen MR) is 106 cm³/mol. The first-order valence-corrected chi connectivity index (χ1v) is 9.64. The number of ether oxygens (including phenoxy) is 3. The van der Waals surface area contributed by atoms with E-state index in [0.29, 0.717) is 36.1 Å². The van der Waals surface area contributed by atoms with Gasteiger partial charge in [0.25, 0.3) is 5.91 Å². The van der Waals surface area contributed by atoms with Crippen molar-refractivity contribution in [1.29, 1.82) is 0 Å². The van der Waals surface area contributed by atoms with Crippen LogP contribution in [-0.2, 0) is 14.3 Å². The second-order valence-corrected chi connectivity index (χ2v) is 7.01. The van der Waals surface area contributed by atoms with Gasteiger partial charge in [-0.05, 0) is 45.4 Å². The number of rotatable bonds is 12. The molecule has 0 bridgehead atoms. The van der Waals surface area contributed by atoms with Crippen LogP contribution >= 0.6 is 11.6 Å². The number of hydrogen-bond acceptors (Lipinski definition) is 4. The molecule has 0 radical (unpaired) electrons. The van der Waals surface area contributed by atoms with Crippen molar-refractivity contribution in [2.75, 3.05) is 25.6 Å². The van der Waals surface area contributed by atoms with Crippen LogP contribution in [0.25, 0.3) is 0 Å². The number of anilines is 1. The molecule has 0 aliphatic carbocycles. The number of methoxy groups -OCH3 is 1. The molecule has 0 spiro atoms. The third-order valence-corrected chi connectivity index (χ3v) is 4.42. The highest BCUT2D eigenvalue weighted by Crippen LogP contribution is 2.30. The van der Waals surface area contributed by atoms with Crippen LogP contribution in [-0.4, -0.2) is 37.9 Å². The number of benzene rings is 1. The fourth-order valence-electron chi connectivity index (χ4n) is 2.71. The topological polar surface area (TPSA) is 56.8 Å². The van der Waals surface area contributed by atoms with Crippen molar-refractivity contribution in [2.24, 2.45) is 0 Å². The largest absolute Gasteiger partial charge is 0.487 e. The molecule has 26 heavy (non-hydrogen) atoms. The molecule has 0 saturated carbocycles. The molecule has 1 aromatic carbocycles. The van der Waals surface area contributed by atoms with Gasteiger partial charge in [0.15, 0.2) is 0 Å². The van der Waals surface area contributed by atoms with Gasteiger partial charge in [-0.3, -0.25) is 4.79 Å². The minimum Gasteiger partial charge on any atom is -0.487 e. The Bertz CT molecular complexity index is 567. The van der Waals surface area contributed by atoms with E-state index in [2.05, 4.69) is 12.2 Å². The average molecular weight is 386 g/mol. The molecule has 0 fully saturated rings. The molecule has 5 nitrogen and oxygen atoms in total. The van der Waals surface area contributed by atoms with E-state index in [4.69, 9.17) is 25.8 Å². The lowest BCUT2D eigenvalue weighted by Crippen LogP contribution is -2.42. The summed E-state index contributed by atoms with van der Waals surface area (Å²) in [4.78, 5) is 12.8. The SMILES string of the molecule is CCCCC[C@@](C)(OCC)C(=O)Nc1ccc(O[C@H](C)COC)c(Cl)c1. The van der Waals surface area contributed by atoms with Gasteiger partial charge >= 0.3 is 0 Å². The number of amides is 1. The van der Waals surface area contributed by atoms with Crippen LogP contribution in [0.5, 0.6) is 5.75 Å². The van der Waals surface area contributed by atoms with Crippen molar-refractivity contribution in [2.45, 2.75) is 65.1 Å². The molecule has 0 aliphatic heterocycles. The Hall–Kier alpha value is -1.30. The quantitative estimate of drug-likeness (QED) is 0.510. The lowest BCUT2D eigenvalue weighted by atomic mass is 9.96. The molecule has 1 N–H and O–H groups in total. The Kier molecular flexibility index (Phi) is 9.99. The maximum atomic E-state index is 12.8. The van der Waals surface area contributed by atoms with E-state index in [1.54, 1.807) is 25.3 Å². The van der Waals surface area contributed by atoms with Gasteiger partial charge in [-0.1, -0.05) is 37.8 Å². The standard InChI is InChI=1S/C20H32ClNO4/c1-6-8-9-12-20(4,25-7-2)19(23)22-16-10-11-18(17(21)13-16)26-15(3)14-24-5/h10-11,13,15H,6-9,12,14H2,1-5H3,(H,22,23)/t15-,20-/m1/s1. The fraction of sp³-hybridized carbons (Fsp3) is 0.650. The molecule has 1 rings (SSSR count). The number of carbonyl (C=O) groups is 1. The Balaban J connectivity index is 2.79. The first-order chi connectivity index (χ1) is 12.4. The zero-order chi connectivity index (χ0) is 19.6. The van der Waals surface area contributed by atoms with E-state index in [-0.39, 0.29) is 12.0 Å². The Morgan fingerprint density at radius 2 is 2.04 bits per heavy atom. The number of carbonyl (C=O) groups excluding carboxylic acids is 1. The van der Waals surface area contributed by atoms with Gasteiger partial charge < -0.3 is 19.5 Å². The van der Waals surface area contributed by atoms with Gasteiger partial charge in [-0.15, -0.1) is 0 Å². The first kappa shape index (κ1) is 22.7. The lowest BCUT2D eigenvalue weighted by molar-refractivity contribution is -0.139. The maximum absolute atomic E-state index is 12.8. The van der Waals surface area contributed by atoms with E-state index in [1.165, 1.54) is 0 Å². The lowest BCUT2D eigenvalue weighted by Gasteiger charge is -2.28. The fourth-order valence-corrected chi connectivity index (χ4v) is 2.93. The number of halogens is 1. The Labute approximate surface area is 162 Å². The van der Waals surface area contributed by atoms with E-state index >= 15 is 0 Å². The molecule has 1 aromatic rings. The monoisotopic (exact) mass is 385 g/mol. The summed E-state index contributed by atoms with van der Waals surface area (Å²) < 4.78 is 16.5. The predicted octanol–water partition coefficient (Wildman–Crippen LogP) is 5.07. The highest BCUT2D eigenvalue weighted by atomic mass is 35.5. The summed E-state index contributed by atoms with van der Waals surface area (Å²) in [5, 5.41) is 3.35. The van der Waals surface area contributed by atoms with Crippen molar-refractivity contribution in [1.82, 2.24) is 0 Å². The molecule has 2 atom stereocenters. The van der Waals surface area contributed by atoms with Gasteiger partial charge in [0.2, 0.25) is 0 Å². The molecule has 6 heteroatoms. The zero-order valence-electron chi connectivity index (χ0n) is 16.6. The summed E-state index contributed by atoms with van der Waals surface area (Å²) in [7, 11) is 1.62. The number of nitrogens with one attached hydrogen (secondary N) is 1. The Morgan fingerprint density at radius 3 is 2.62 bits per heavy atom. The second kappa shape index (κ2) is 11.4. The molecule has 0 heterocycles. The van der Waals surface area contributed by atoms with Crippen LogP contribution in [0.15, 0.2) is 18.2 Å². The molecule has 148 valence electrons. The molecule has 0 aliphatic rings. The van der Waals surface area contributed by atoms with Crippen LogP contribution < -0.4 is 10.1 Å². The van der Waals surface area contributed by atoms with Gasteiger partial charge in [-0.25, -0.2) is 0 Å². The summed E-state index contributed by atoms with van der Waals surface area (Å²) in [5.41, 5.74) is -0.230. The summed E-state index contributed by atoms with van der Waals surface area (Å²) in [6.45, 7) is 8.74. The smallest absolute Gasteiger partial charge is 0.256 e. The third-order valence-electron chi connectivity index (χ3n) is 4.12. The number of hydrogen-bond donors (Lipinski definition) is 1. The van der Waals surface area contributed by atoms with Gasteiger partial charge in [0.1, 0.15) is 17.5 Å². The maximum Gasteiger partial charge on any atom is 0.256 e. The van der Waals surface area contributed by atoms with Gasteiger partial charge in [0.05, 0.1) is 11.6 Å². The van der Waals surface area contributed by atoms with Crippen LogP contribution in [0.4, 0.5) is 5.69 Å². The molecule has 0 unspecified atom stereocenters. The summed E-state index contributed by atoms with van der Waals surface area (Å²) >= 11 is 6.29. The summed E-state index contributed by atoms with van der Waals surface area (Å²) in [6, 6.07) is 5.21. The molecule has 0 aromatic heterocycles. The minimum absolute atomic E-state index is 0.113. The van der Waals surface area contributed by atoms with Crippen molar-refractivity contribution in [3.63, 3.8) is 0 Å². The van der Waals surface area contributed by atoms with Crippen molar-refractivity contribution in [3.8, 4) is 5.75 Å². The van der Waals surface area contributed by atoms with Crippen LogP contribution in [0.2, 0.25) is 5.02 Å². The summed E-state index contributed by atoms with van der Waals surface area (Å²) in [5.74, 6) is 0.401. The summed E-state index contributed by atoms with van der Waals surface area (Å²) in [6.07, 6.45) is 3.70. The molecular formula is C20H32ClNO4. The average Bonchev–Trinajstić information content (AvgIpc) is 2.58. The first-order valence-electron chi connectivity index (χ1n) is 9.26. The molecular weight excluding hydrogens is 354 g/mol. The second-order valence-electron chi connectivity index (χ2n) is 6.60. The zero-order valence-corrected chi connectivity index (χ0v) is 17.3. The normalized spacial score (nSPS) is 14.5. The van der Waals surface area contributed by atoms with Crippen LogP contribution in [0.1, 0.15) is 53.4 Å². The van der Waals surface area contributed by atoms with Crippen molar-refractivity contribution < 1.29 is 19.0 Å². The highest BCUT2D eigenvalue weighted by molar-refractivity contribution is 6.32. The van der Waals surface area contributed by atoms with E-state index in [1.807, 2.05) is 20.8 Å². The molecule has 1 amide bonds. The highest BCUT2D eigenvalue weighted by Gasteiger charge is 2.33. The minimum atomic E-state index is -0.849. The van der Waals surface area contributed by atoms with Crippen LogP contribution in [0, 0.1) is 0 Å². The molecule has 0 saturated heterocycles. The van der Waals surface area contributed by atoms with Gasteiger partial charge in [-0.2, -0.15) is 0 Å².